The Morgan fingerprint density at radius 3 is 2.65 bits per heavy atom. The summed E-state index contributed by atoms with van der Waals surface area (Å²) in [5, 5.41) is 3.54. The van der Waals surface area contributed by atoms with Crippen molar-refractivity contribution in [2.24, 2.45) is 5.92 Å². The molecule has 1 unspecified atom stereocenters. The molecule has 0 aliphatic heterocycles. The van der Waals surface area contributed by atoms with Gasteiger partial charge in [-0.25, -0.2) is 0 Å². The van der Waals surface area contributed by atoms with Gasteiger partial charge in [0.1, 0.15) is 0 Å². The summed E-state index contributed by atoms with van der Waals surface area (Å²) in [6, 6.07) is 0.856. The summed E-state index contributed by atoms with van der Waals surface area (Å²) in [5.41, 5.74) is 0. The fourth-order valence-electron chi connectivity index (χ4n) is 2.07. The minimum atomic E-state index is 0.791. The number of rotatable bonds is 12. The van der Waals surface area contributed by atoms with Crippen LogP contribution < -0.4 is 5.32 Å². The third-order valence-corrected chi connectivity index (χ3v) is 3.62. The van der Waals surface area contributed by atoms with Crippen LogP contribution in [0.4, 0.5) is 0 Å². The van der Waals surface area contributed by atoms with Gasteiger partial charge >= 0.3 is 0 Å². The molecule has 0 aromatic carbocycles. The summed E-state index contributed by atoms with van der Waals surface area (Å²) < 4.78 is 5.78. The standard InChI is InChI=1S/C15H31NO/c1-3-5-8-14(4-2)13-17-12-7-6-11-16-15-9-10-15/h14-16H,3-13H2,1-2H3. The normalized spacial score (nSPS) is 17.3. The molecule has 2 heteroatoms. The maximum atomic E-state index is 5.78. The van der Waals surface area contributed by atoms with Crippen molar-refractivity contribution in [3.05, 3.63) is 0 Å². The average Bonchev–Trinajstić information content (AvgIpc) is 3.16. The number of hydrogen-bond donors (Lipinski definition) is 1. The molecule has 102 valence electrons. The molecule has 1 aliphatic carbocycles. The fourth-order valence-corrected chi connectivity index (χ4v) is 2.07. The lowest BCUT2D eigenvalue weighted by Gasteiger charge is -2.14. The topological polar surface area (TPSA) is 21.3 Å². The number of unbranched alkanes of at least 4 members (excludes halogenated alkanes) is 2. The van der Waals surface area contributed by atoms with Crippen LogP contribution in [0.25, 0.3) is 0 Å². The lowest BCUT2D eigenvalue weighted by molar-refractivity contribution is 0.0911. The molecule has 1 aliphatic rings. The first kappa shape index (κ1) is 15.0. The molecule has 0 spiro atoms. The molecule has 0 aromatic rings. The summed E-state index contributed by atoms with van der Waals surface area (Å²) >= 11 is 0. The van der Waals surface area contributed by atoms with E-state index in [1.165, 1.54) is 57.9 Å². The van der Waals surface area contributed by atoms with E-state index in [-0.39, 0.29) is 0 Å². The Morgan fingerprint density at radius 2 is 2.00 bits per heavy atom. The Labute approximate surface area is 108 Å². The first-order chi connectivity index (χ1) is 8.36. The van der Waals surface area contributed by atoms with Gasteiger partial charge in [-0.1, -0.05) is 33.1 Å². The van der Waals surface area contributed by atoms with E-state index in [9.17, 15) is 0 Å². The minimum Gasteiger partial charge on any atom is -0.381 e. The molecule has 0 bridgehead atoms. The van der Waals surface area contributed by atoms with Gasteiger partial charge in [0.25, 0.3) is 0 Å². The van der Waals surface area contributed by atoms with Gasteiger partial charge in [0, 0.05) is 19.3 Å². The number of ether oxygens (including phenoxy) is 1. The van der Waals surface area contributed by atoms with E-state index < -0.39 is 0 Å². The zero-order chi connectivity index (χ0) is 12.3. The van der Waals surface area contributed by atoms with Gasteiger partial charge in [-0.2, -0.15) is 0 Å². The van der Waals surface area contributed by atoms with E-state index in [1.54, 1.807) is 0 Å². The van der Waals surface area contributed by atoms with Gasteiger partial charge in [-0.15, -0.1) is 0 Å². The molecule has 0 amide bonds. The Morgan fingerprint density at radius 1 is 1.18 bits per heavy atom. The van der Waals surface area contributed by atoms with Crippen LogP contribution in [0.1, 0.15) is 65.2 Å². The van der Waals surface area contributed by atoms with E-state index in [0.29, 0.717) is 0 Å². The Hall–Kier alpha value is -0.0800. The van der Waals surface area contributed by atoms with Crippen LogP contribution in [-0.2, 0) is 4.74 Å². The Kier molecular flexibility index (Phi) is 8.72. The molecule has 1 N–H and O–H groups in total. The second-order valence-electron chi connectivity index (χ2n) is 5.43. The SMILES string of the molecule is CCCCC(CC)COCCCCNC1CC1. The third-order valence-electron chi connectivity index (χ3n) is 3.62. The number of hydrogen-bond acceptors (Lipinski definition) is 2. The minimum absolute atomic E-state index is 0.791. The van der Waals surface area contributed by atoms with E-state index in [4.69, 9.17) is 4.74 Å². The second-order valence-corrected chi connectivity index (χ2v) is 5.43. The number of nitrogens with one attached hydrogen (secondary N) is 1. The first-order valence-corrected chi connectivity index (χ1v) is 7.68. The summed E-state index contributed by atoms with van der Waals surface area (Å²) in [6.07, 6.45) is 10.5. The quantitative estimate of drug-likeness (QED) is 0.525. The van der Waals surface area contributed by atoms with E-state index in [1.807, 2.05) is 0 Å². The molecule has 2 nitrogen and oxygen atoms in total. The monoisotopic (exact) mass is 241 g/mol. The van der Waals surface area contributed by atoms with Gasteiger partial charge in [-0.3, -0.25) is 0 Å². The molecule has 0 saturated heterocycles. The molecular weight excluding hydrogens is 210 g/mol. The van der Waals surface area contributed by atoms with Crippen LogP contribution >= 0.6 is 0 Å². The highest BCUT2D eigenvalue weighted by Crippen LogP contribution is 2.18. The van der Waals surface area contributed by atoms with E-state index in [0.717, 1.165) is 25.2 Å². The van der Waals surface area contributed by atoms with Crippen molar-refractivity contribution in [2.45, 2.75) is 71.3 Å². The van der Waals surface area contributed by atoms with Gasteiger partial charge in [0.2, 0.25) is 0 Å². The van der Waals surface area contributed by atoms with Crippen molar-refractivity contribution in [3.63, 3.8) is 0 Å². The van der Waals surface area contributed by atoms with Crippen LogP contribution in [0.15, 0.2) is 0 Å². The zero-order valence-electron chi connectivity index (χ0n) is 11.8. The van der Waals surface area contributed by atoms with Gasteiger partial charge < -0.3 is 10.1 Å². The predicted octanol–water partition coefficient (Wildman–Crippen LogP) is 3.75. The van der Waals surface area contributed by atoms with Crippen LogP contribution in [0.2, 0.25) is 0 Å². The average molecular weight is 241 g/mol. The van der Waals surface area contributed by atoms with Crippen LogP contribution in [-0.4, -0.2) is 25.8 Å². The van der Waals surface area contributed by atoms with Gasteiger partial charge in [0.05, 0.1) is 0 Å². The van der Waals surface area contributed by atoms with E-state index in [2.05, 4.69) is 19.2 Å². The van der Waals surface area contributed by atoms with Crippen molar-refractivity contribution in [3.8, 4) is 0 Å². The van der Waals surface area contributed by atoms with Gasteiger partial charge in [0.15, 0.2) is 0 Å². The van der Waals surface area contributed by atoms with Crippen molar-refractivity contribution in [1.29, 1.82) is 0 Å². The predicted molar refractivity (Wildman–Crippen MR) is 74.4 cm³/mol. The molecule has 1 rings (SSSR count). The molecule has 0 radical (unpaired) electrons. The molecule has 17 heavy (non-hydrogen) atoms. The Balaban J connectivity index is 1.80. The lowest BCUT2D eigenvalue weighted by atomic mass is 10.0. The highest BCUT2D eigenvalue weighted by molar-refractivity contribution is 4.80. The fraction of sp³-hybridized carbons (Fsp3) is 1.00. The molecule has 1 fully saturated rings. The van der Waals surface area contributed by atoms with Crippen LogP contribution in [0.3, 0.4) is 0 Å². The summed E-state index contributed by atoms with van der Waals surface area (Å²) in [6.45, 7) is 7.66. The van der Waals surface area contributed by atoms with Crippen molar-refractivity contribution < 1.29 is 4.74 Å². The van der Waals surface area contributed by atoms with Crippen LogP contribution in [0, 0.1) is 5.92 Å². The maximum Gasteiger partial charge on any atom is 0.0494 e. The zero-order valence-corrected chi connectivity index (χ0v) is 11.8. The lowest BCUT2D eigenvalue weighted by Crippen LogP contribution is -2.18. The highest BCUT2D eigenvalue weighted by atomic mass is 16.5. The van der Waals surface area contributed by atoms with Crippen molar-refractivity contribution in [1.82, 2.24) is 5.32 Å². The smallest absolute Gasteiger partial charge is 0.0494 e. The molecule has 0 aromatic heterocycles. The third kappa shape index (κ3) is 8.62. The summed E-state index contributed by atoms with van der Waals surface area (Å²) in [7, 11) is 0. The first-order valence-electron chi connectivity index (χ1n) is 7.68. The summed E-state index contributed by atoms with van der Waals surface area (Å²) in [5.74, 6) is 0.791. The van der Waals surface area contributed by atoms with Gasteiger partial charge in [-0.05, 0) is 44.6 Å². The second kappa shape index (κ2) is 9.90. The molecule has 1 atom stereocenters. The largest absolute Gasteiger partial charge is 0.381 e. The van der Waals surface area contributed by atoms with E-state index >= 15 is 0 Å². The molecular formula is C15H31NO. The summed E-state index contributed by atoms with van der Waals surface area (Å²) in [4.78, 5) is 0. The van der Waals surface area contributed by atoms with Crippen molar-refractivity contribution in [2.75, 3.05) is 19.8 Å². The molecule has 1 saturated carbocycles. The highest BCUT2D eigenvalue weighted by Gasteiger charge is 2.19. The molecule has 0 heterocycles. The Bertz CT molecular complexity index is 168. The maximum absolute atomic E-state index is 5.78. The van der Waals surface area contributed by atoms with Crippen molar-refractivity contribution >= 4 is 0 Å². The van der Waals surface area contributed by atoms with Crippen LogP contribution in [0.5, 0.6) is 0 Å².